The normalized spacial score (nSPS) is 19.8. The number of amides is 1. The van der Waals surface area contributed by atoms with E-state index in [0.717, 1.165) is 11.6 Å². The highest BCUT2D eigenvalue weighted by molar-refractivity contribution is 5.94. The fourth-order valence-corrected chi connectivity index (χ4v) is 3.39. The van der Waals surface area contributed by atoms with Crippen molar-refractivity contribution in [2.75, 3.05) is 0 Å². The Labute approximate surface area is 142 Å². The smallest absolute Gasteiger partial charge is 0.366 e. The van der Waals surface area contributed by atoms with Crippen LogP contribution in [0.5, 0.6) is 0 Å². The largest absolute Gasteiger partial charge is 0.433 e. The molecule has 0 bridgehead atoms. The van der Waals surface area contributed by atoms with Gasteiger partial charge in [0, 0.05) is 0 Å². The highest BCUT2D eigenvalue weighted by atomic mass is 19.4. The van der Waals surface area contributed by atoms with Gasteiger partial charge in [-0.1, -0.05) is 24.3 Å². The SMILES string of the molecule is N#CC1(c2nc(C(F)(F)F)ccc2C(N)=O)CCCc2ccccc21. The first-order valence-corrected chi connectivity index (χ1v) is 7.68. The van der Waals surface area contributed by atoms with Crippen LogP contribution in [0.25, 0.3) is 0 Å². The predicted octanol–water partition coefficient (Wildman–Crippen LogP) is 3.35. The van der Waals surface area contributed by atoms with Crippen molar-refractivity contribution in [3.8, 4) is 6.07 Å². The molecule has 0 saturated heterocycles. The van der Waals surface area contributed by atoms with Gasteiger partial charge in [0.25, 0.3) is 5.91 Å². The number of halogens is 3. The zero-order chi connectivity index (χ0) is 18.2. The second-order valence-electron chi connectivity index (χ2n) is 5.98. The lowest BCUT2D eigenvalue weighted by Crippen LogP contribution is -2.35. The number of pyridine rings is 1. The topological polar surface area (TPSA) is 79.8 Å². The van der Waals surface area contributed by atoms with Gasteiger partial charge in [-0.2, -0.15) is 18.4 Å². The molecule has 7 heteroatoms. The molecule has 0 spiro atoms. The third-order valence-electron chi connectivity index (χ3n) is 4.52. The number of carbonyl (C=O) groups is 1. The lowest BCUT2D eigenvalue weighted by molar-refractivity contribution is -0.141. The Morgan fingerprint density at radius 1 is 1.24 bits per heavy atom. The minimum atomic E-state index is -4.68. The molecule has 1 amide bonds. The molecular weight excluding hydrogens is 331 g/mol. The van der Waals surface area contributed by atoms with Gasteiger partial charge in [0.1, 0.15) is 11.1 Å². The molecule has 25 heavy (non-hydrogen) atoms. The fraction of sp³-hybridized carbons (Fsp3) is 0.278. The van der Waals surface area contributed by atoms with Crippen LogP contribution in [0.4, 0.5) is 13.2 Å². The molecule has 0 saturated carbocycles. The molecule has 2 aromatic rings. The molecule has 1 unspecified atom stereocenters. The van der Waals surface area contributed by atoms with E-state index in [0.29, 0.717) is 24.5 Å². The molecule has 1 aliphatic carbocycles. The van der Waals surface area contributed by atoms with Crippen LogP contribution < -0.4 is 5.73 Å². The average Bonchev–Trinajstić information content (AvgIpc) is 2.59. The van der Waals surface area contributed by atoms with E-state index in [1.165, 1.54) is 0 Å². The van der Waals surface area contributed by atoms with E-state index in [9.17, 15) is 23.2 Å². The van der Waals surface area contributed by atoms with Crippen LogP contribution in [0, 0.1) is 11.3 Å². The van der Waals surface area contributed by atoms with Crippen LogP contribution in [0.2, 0.25) is 0 Å². The molecule has 1 heterocycles. The van der Waals surface area contributed by atoms with Gasteiger partial charge in [0.15, 0.2) is 0 Å². The maximum Gasteiger partial charge on any atom is 0.433 e. The van der Waals surface area contributed by atoms with Crippen molar-refractivity contribution in [2.24, 2.45) is 5.73 Å². The number of primary amides is 1. The molecular formula is C18H14F3N3O. The third-order valence-corrected chi connectivity index (χ3v) is 4.52. The van der Waals surface area contributed by atoms with Crippen LogP contribution in [-0.2, 0) is 18.0 Å². The highest BCUT2D eigenvalue weighted by Gasteiger charge is 2.44. The number of rotatable bonds is 2. The quantitative estimate of drug-likeness (QED) is 0.906. The zero-order valence-electron chi connectivity index (χ0n) is 13.1. The highest BCUT2D eigenvalue weighted by Crippen LogP contribution is 2.43. The molecule has 4 nitrogen and oxygen atoms in total. The van der Waals surface area contributed by atoms with Gasteiger partial charge in [-0.25, -0.2) is 4.98 Å². The van der Waals surface area contributed by atoms with Crippen molar-refractivity contribution in [3.05, 3.63) is 64.5 Å². The van der Waals surface area contributed by atoms with Gasteiger partial charge in [-0.15, -0.1) is 0 Å². The second kappa shape index (κ2) is 5.88. The second-order valence-corrected chi connectivity index (χ2v) is 5.98. The predicted molar refractivity (Wildman–Crippen MR) is 83.5 cm³/mol. The summed E-state index contributed by atoms with van der Waals surface area (Å²) in [5, 5.41) is 9.92. The summed E-state index contributed by atoms with van der Waals surface area (Å²) in [5.74, 6) is -0.908. The van der Waals surface area contributed by atoms with Crippen LogP contribution in [0.15, 0.2) is 36.4 Å². The van der Waals surface area contributed by atoms with E-state index in [2.05, 4.69) is 11.1 Å². The first-order chi connectivity index (χ1) is 11.8. The van der Waals surface area contributed by atoms with Gasteiger partial charge in [0.05, 0.1) is 17.3 Å². The summed E-state index contributed by atoms with van der Waals surface area (Å²) in [6.07, 6.45) is -3.10. The first kappa shape index (κ1) is 17.0. The van der Waals surface area contributed by atoms with Crippen molar-refractivity contribution in [2.45, 2.75) is 30.9 Å². The maximum atomic E-state index is 13.1. The number of hydrogen-bond donors (Lipinski definition) is 1. The number of hydrogen-bond acceptors (Lipinski definition) is 3. The summed E-state index contributed by atoms with van der Waals surface area (Å²) in [7, 11) is 0. The molecule has 0 aliphatic heterocycles. The average molecular weight is 345 g/mol. The Morgan fingerprint density at radius 2 is 1.96 bits per heavy atom. The minimum Gasteiger partial charge on any atom is -0.366 e. The van der Waals surface area contributed by atoms with Crippen molar-refractivity contribution in [1.82, 2.24) is 4.98 Å². The van der Waals surface area contributed by atoms with E-state index < -0.39 is 23.2 Å². The van der Waals surface area contributed by atoms with Gasteiger partial charge in [-0.05, 0) is 42.5 Å². The molecule has 1 atom stereocenters. The van der Waals surface area contributed by atoms with Crippen LogP contribution in [0.1, 0.15) is 45.7 Å². The lowest BCUT2D eigenvalue weighted by Gasteiger charge is -2.34. The van der Waals surface area contributed by atoms with E-state index in [4.69, 9.17) is 5.73 Å². The summed E-state index contributed by atoms with van der Waals surface area (Å²) in [5.41, 5.74) is 3.83. The van der Waals surface area contributed by atoms with Crippen molar-refractivity contribution >= 4 is 5.91 Å². The molecule has 1 aromatic carbocycles. The number of alkyl halides is 3. The summed E-state index contributed by atoms with van der Waals surface area (Å²) >= 11 is 0. The summed E-state index contributed by atoms with van der Waals surface area (Å²) in [6, 6.07) is 10.9. The van der Waals surface area contributed by atoms with Crippen molar-refractivity contribution < 1.29 is 18.0 Å². The van der Waals surface area contributed by atoms with Crippen LogP contribution in [-0.4, -0.2) is 10.9 Å². The monoisotopic (exact) mass is 345 g/mol. The Bertz CT molecular complexity index is 886. The standard InChI is InChI=1S/C18H14F3N3O/c19-18(20,21)14-8-7-12(16(23)25)15(24-14)17(10-22)9-3-5-11-4-1-2-6-13(11)17/h1-2,4,6-8H,3,5,9H2,(H2,23,25). The number of aromatic nitrogens is 1. The molecule has 1 aliphatic rings. The molecule has 128 valence electrons. The van der Waals surface area contributed by atoms with Gasteiger partial charge < -0.3 is 5.73 Å². The van der Waals surface area contributed by atoms with Crippen molar-refractivity contribution in [1.29, 1.82) is 5.26 Å². The number of nitrogens with two attached hydrogens (primary N) is 1. The number of carbonyl (C=O) groups excluding carboxylic acids is 1. The maximum absolute atomic E-state index is 13.1. The third kappa shape index (κ3) is 2.74. The Balaban J connectivity index is 2.34. The van der Waals surface area contributed by atoms with Gasteiger partial charge >= 0.3 is 6.18 Å². The zero-order valence-corrected chi connectivity index (χ0v) is 13.1. The fourth-order valence-electron chi connectivity index (χ4n) is 3.39. The summed E-state index contributed by atoms with van der Waals surface area (Å²) in [4.78, 5) is 15.5. The van der Waals surface area contributed by atoms with E-state index in [-0.39, 0.29) is 17.7 Å². The Morgan fingerprint density at radius 3 is 2.60 bits per heavy atom. The van der Waals surface area contributed by atoms with Gasteiger partial charge in [-0.3, -0.25) is 4.79 Å². The number of aryl methyl sites for hydroxylation is 1. The minimum absolute atomic E-state index is 0.161. The molecule has 0 fully saturated rings. The van der Waals surface area contributed by atoms with E-state index in [1.54, 1.807) is 18.2 Å². The number of benzene rings is 1. The molecule has 1 aromatic heterocycles. The number of nitrogens with zero attached hydrogens (tertiary/aromatic N) is 2. The molecule has 2 N–H and O–H groups in total. The number of fused-ring (bicyclic) bond motifs is 1. The Hall–Kier alpha value is -2.88. The van der Waals surface area contributed by atoms with E-state index in [1.807, 2.05) is 6.07 Å². The van der Waals surface area contributed by atoms with Crippen molar-refractivity contribution in [3.63, 3.8) is 0 Å². The lowest BCUT2D eigenvalue weighted by atomic mass is 9.67. The Kier molecular flexibility index (Phi) is 3.99. The molecule has 0 radical (unpaired) electrons. The first-order valence-electron chi connectivity index (χ1n) is 7.68. The van der Waals surface area contributed by atoms with E-state index >= 15 is 0 Å². The molecule has 3 rings (SSSR count). The van der Waals surface area contributed by atoms with Crippen LogP contribution in [0.3, 0.4) is 0 Å². The van der Waals surface area contributed by atoms with Crippen LogP contribution >= 0.6 is 0 Å². The number of nitriles is 1. The summed E-state index contributed by atoms with van der Waals surface area (Å²) < 4.78 is 39.4. The van der Waals surface area contributed by atoms with Gasteiger partial charge in [0.2, 0.25) is 0 Å². The summed E-state index contributed by atoms with van der Waals surface area (Å²) in [6.45, 7) is 0.